The summed E-state index contributed by atoms with van der Waals surface area (Å²) in [5.41, 5.74) is 1.41. The topological polar surface area (TPSA) is 133 Å². The molecule has 4 N–H and O–H groups in total. The molecule has 1 aromatic rings. The number of aliphatic carboxylic acids is 2. The van der Waals surface area contributed by atoms with Crippen molar-refractivity contribution in [1.82, 2.24) is 5.32 Å². The Morgan fingerprint density at radius 1 is 1.29 bits per heavy atom. The second-order valence-electron chi connectivity index (χ2n) is 4.56. The van der Waals surface area contributed by atoms with E-state index < -0.39 is 30.3 Å². The van der Waals surface area contributed by atoms with Gasteiger partial charge in [0, 0.05) is 11.3 Å². The SMILES string of the molecule is O=C(O)C[C@H](NC(=O)c1ccc2c(c1)CC(=O)N2)C(=O)O. The first-order valence-corrected chi connectivity index (χ1v) is 6.05. The van der Waals surface area contributed by atoms with Gasteiger partial charge in [0.1, 0.15) is 6.04 Å². The number of hydrogen-bond donors (Lipinski definition) is 4. The van der Waals surface area contributed by atoms with E-state index in [-0.39, 0.29) is 17.9 Å². The molecule has 0 radical (unpaired) electrons. The van der Waals surface area contributed by atoms with Crippen LogP contribution in [0.2, 0.25) is 0 Å². The van der Waals surface area contributed by atoms with E-state index >= 15 is 0 Å². The van der Waals surface area contributed by atoms with Crippen LogP contribution in [0.25, 0.3) is 0 Å². The number of anilines is 1. The number of carbonyl (C=O) groups excluding carboxylic acids is 2. The van der Waals surface area contributed by atoms with Crippen LogP contribution in [-0.2, 0) is 20.8 Å². The highest BCUT2D eigenvalue weighted by Gasteiger charge is 2.25. The number of rotatable bonds is 5. The molecule has 110 valence electrons. The minimum Gasteiger partial charge on any atom is -0.481 e. The van der Waals surface area contributed by atoms with Crippen molar-refractivity contribution in [1.29, 1.82) is 0 Å². The largest absolute Gasteiger partial charge is 0.481 e. The molecule has 0 spiro atoms. The normalized spacial score (nSPS) is 14.0. The second-order valence-corrected chi connectivity index (χ2v) is 4.56. The maximum Gasteiger partial charge on any atom is 0.326 e. The molecule has 2 rings (SSSR count). The van der Waals surface area contributed by atoms with Crippen LogP contribution in [0.4, 0.5) is 5.69 Å². The van der Waals surface area contributed by atoms with Crippen LogP contribution in [-0.4, -0.2) is 40.0 Å². The predicted molar refractivity (Wildman–Crippen MR) is 69.9 cm³/mol. The van der Waals surface area contributed by atoms with Crippen LogP contribution in [0.15, 0.2) is 18.2 Å². The number of fused-ring (bicyclic) bond motifs is 1. The van der Waals surface area contributed by atoms with E-state index in [1.54, 1.807) is 6.07 Å². The quantitative estimate of drug-likeness (QED) is 0.596. The number of hydrogen-bond acceptors (Lipinski definition) is 4. The molecule has 1 aliphatic heterocycles. The van der Waals surface area contributed by atoms with Crippen molar-refractivity contribution in [2.75, 3.05) is 5.32 Å². The summed E-state index contributed by atoms with van der Waals surface area (Å²) >= 11 is 0. The Morgan fingerprint density at radius 2 is 2.00 bits per heavy atom. The van der Waals surface area contributed by atoms with Gasteiger partial charge in [0.2, 0.25) is 5.91 Å². The lowest BCUT2D eigenvalue weighted by Crippen LogP contribution is -2.42. The van der Waals surface area contributed by atoms with Crippen LogP contribution in [0, 0.1) is 0 Å². The molecule has 0 aliphatic carbocycles. The number of carboxylic acids is 2. The summed E-state index contributed by atoms with van der Waals surface area (Å²) in [4.78, 5) is 44.6. The third-order valence-corrected chi connectivity index (χ3v) is 2.97. The van der Waals surface area contributed by atoms with Gasteiger partial charge in [-0.15, -0.1) is 0 Å². The van der Waals surface area contributed by atoms with Gasteiger partial charge in [-0.2, -0.15) is 0 Å². The molecule has 2 amide bonds. The molecule has 0 aromatic heterocycles. The maximum absolute atomic E-state index is 11.9. The molecule has 0 saturated heterocycles. The van der Waals surface area contributed by atoms with Gasteiger partial charge in [-0.25, -0.2) is 4.79 Å². The average molecular weight is 292 g/mol. The molecule has 0 unspecified atom stereocenters. The smallest absolute Gasteiger partial charge is 0.326 e. The van der Waals surface area contributed by atoms with Crippen molar-refractivity contribution in [3.8, 4) is 0 Å². The highest BCUT2D eigenvalue weighted by atomic mass is 16.4. The summed E-state index contributed by atoms with van der Waals surface area (Å²) in [6, 6.07) is 2.94. The Kier molecular flexibility index (Phi) is 3.88. The van der Waals surface area contributed by atoms with Crippen LogP contribution >= 0.6 is 0 Å². The number of amides is 2. The molecule has 8 nitrogen and oxygen atoms in total. The first-order chi connectivity index (χ1) is 9.86. The molecule has 1 aliphatic rings. The van der Waals surface area contributed by atoms with E-state index in [1.807, 2.05) is 0 Å². The van der Waals surface area contributed by atoms with Crippen LogP contribution in [0.3, 0.4) is 0 Å². The average Bonchev–Trinajstić information content (AvgIpc) is 2.76. The lowest BCUT2D eigenvalue weighted by Gasteiger charge is -2.12. The molecule has 1 heterocycles. The van der Waals surface area contributed by atoms with E-state index in [4.69, 9.17) is 10.2 Å². The van der Waals surface area contributed by atoms with Gasteiger partial charge in [-0.1, -0.05) is 0 Å². The molecule has 0 saturated carbocycles. The van der Waals surface area contributed by atoms with Crippen molar-refractivity contribution in [2.45, 2.75) is 18.9 Å². The van der Waals surface area contributed by atoms with E-state index in [0.717, 1.165) is 0 Å². The van der Waals surface area contributed by atoms with E-state index in [1.165, 1.54) is 12.1 Å². The Bertz CT molecular complexity index is 640. The van der Waals surface area contributed by atoms with E-state index in [2.05, 4.69) is 10.6 Å². The molecule has 21 heavy (non-hydrogen) atoms. The fraction of sp³-hybridized carbons (Fsp3) is 0.231. The lowest BCUT2D eigenvalue weighted by molar-refractivity contribution is -0.145. The molecule has 8 heteroatoms. The van der Waals surface area contributed by atoms with Crippen molar-refractivity contribution in [3.63, 3.8) is 0 Å². The van der Waals surface area contributed by atoms with Crippen molar-refractivity contribution < 1.29 is 29.4 Å². The zero-order valence-corrected chi connectivity index (χ0v) is 10.8. The molecular formula is C13H12N2O6. The van der Waals surface area contributed by atoms with Crippen LogP contribution in [0.1, 0.15) is 22.3 Å². The van der Waals surface area contributed by atoms with Crippen LogP contribution in [0.5, 0.6) is 0 Å². The van der Waals surface area contributed by atoms with Crippen LogP contribution < -0.4 is 10.6 Å². The summed E-state index contributed by atoms with van der Waals surface area (Å²) in [6.45, 7) is 0. The Hall–Kier alpha value is -2.90. The molecule has 1 aromatic carbocycles. The number of carbonyl (C=O) groups is 4. The molecule has 1 atom stereocenters. The first kappa shape index (κ1) is 14.5. The van der Waals surface area contributed by atoms with Crippen molar-refractivity contribution in [2.24, 2.45) is 0 Å². The lowest BCUT2D eigenvalue weighted by atomic mass is 10.1. The summed E-state index contributed by atoms with van der Waals surface area (Å²) in [6.07, 6.45) is -0.569. The standard InChI is InChI=1S/C13H12N2O6/c16-10-4-7-3-6(1-2-8(7)14-10)12(19)15-9(13(20)21)5-11(17)18/h1-3,9H,4-5H2,(H,14,16)(H,15,19)(H,17,18)(H,20,21)/t9-/m0/s1. The minimum absolute atomic E-state index is 0.147. The van der Waals surface area contributed by atoms with Crippen molar-refractivity contribution >= 4 is 29.4 Å². The summed E-state index contributed by atoms with van der Waals surface area (Å²) in [7, 11) is 0. The second kappa shape index (κ2) is 5.61. The highest BCUT2D eigenvalue weighted by Crippen LogP contribution is 2.23. The van der Waals surface area contributed by atoms with Gasteiger partial charge in [0.05, 0.1) is 12.8 Å². The fourth-order valence-electron chi connectivity index (χ4n) is 1.99. The maximum atomic E-state index is 11.9. The molecule has 0 bridgehead atoms. The minimum atomic E-state index is -1.51. The number of carboxylic acid groups (broad SMARTS) is 2. The molecule has 0 fully saturated rings. The Labute approximate surface area is 118 Å². The van der Waals surface area contributed by atoms with E-state index in [0.29, 0.717) is 11.3 Å². The monoisotopic (exact) mass is 292 g/mol. The van der Waals surface area contributed by atoms with Gasteiger partial charge in [0.25, 0.3) is 5.91 Å². The summed E-state index contributed by atoms with van der Waals surface area (Å²) in [5, 5.41) is 22.2. The Balaban J connectivity index is 2.13. The summed E-state index contributed by atoms with van der Waals surface area (Å²) < 4.78 is 0. The van der Waals surface area contributed by atoms with Gasteiger partial charge in [-0.05, 0) is 23.8 Å². The van der Waals surface area contributed by atoms with Gasteiger partial charge >= 0.3 is 11.9 Å². The zero-order chi connectivity index (χ0) is 15.6. The zero-order valence-electron chi connectivity index (χ0n) is 10.8. The first-order valence-electron chi connectivity index (χ1n) is 6.05. The number of nitrogens with one attached hydrogen (secondary N) is 2. The van der Waals surface area contributed by atoms with Crippen molar-refractivity contribution in [3.05, 3.63) is 29.3 Å². The van der Waals surface area contributed by atoms with Gasteiger partial charge < -0.3 is 20.8 Å². The third kappa shape index (κ3) is 3.35. The third-order valence-electron chi connectivity index (χ3n) is 2.97. The fourth-order valence-corrected chi connectivity index (χ4v) is 1.99. The predicted octanol–water partition coefficient (Wildman–Crippen LogP) is -0.161. The van der Waals surface area contributed by atoms with Gasteiger partial charge in [0.15, 0.2) is 0 Å². The van der Waals surface area contributed by atoms with Gasteiger partial charge in [-0.3, -0.25) is 14.4 Å². The number of benzene rings is 1. The molecular weight excluding hydrogens is 280 g/mol. The Morgan fingerprint density at radius 3 is 2.62 bits per heavy atom. The highest BCUT2D eigenvalue weighted by molar-refractivity contribution is 6.02. The summed E-state index contributed by atoms with van der Waals surface area (Å²) in [5.74, 6) is -3.64. The van der Waals surface area contributed by atoms with E-state index in [9.17, 15) is 19.2 Å².